The van der Waals surface area contributed by atoms with Crippen LogP contribution >= 0.6 is 0 Å². The van der Waals surface area contributed by atoms with Crippen LogP contribution in [-0.2, 0) is 0 Å². The van der Waals surface area contributed by atoms with Gasteiger partial charge in [-0.25, -0.2) is 4.98 Å². The third kappa shape index (κ3) is 4.68. The van der Waals surface area contributed by atoms with Crippen LogP contribution in [-0.4, -0.2) is 56.2 Å². The molecule has 0 spiro atoms. The van der Waals surface area contributed by atoms with Gasteiger partial charge in [-0.15, -0.1) is 0 Å². The molecule has 1 unspecified atom stereocenters. The molecule has 0 aromatic carbocycles. The van der Waals surface area contributed by atoms with E-state index in [4.69, 9.17) is 0 Å². The summed E-state index contributed by atoms with van der Waals surface area (Å²) in [5, 5.41) is 11.4. The van der Waals surface area contributed by atoms with Gasteiger partial charge in [0.15, 0.2) is 0 Å². The Morgan fingerprint density at radius 3 is 2.91 bits per heavy atom. The maximum Gasteiger partial charge on any atom is 0.137 e. The fourth-order valence-electron chi connectivity index (χ4n) is 4.66. The first-order valence-electron chi connectivity index (χ1n) is 11.7. The first-order chi connectivity index (χ1) is 16.1. The van der Waals surface area contributed by atoms with Crippen LogP contribution < -0.4 is 5.32 Å². The van der Waals surface area contributed by atoms with E-state index in [2.05, 4.69) is 67.1 Å². The van der Waals surface area contributed by atoms with Crippen LogP contribution in [0.1, 0.15) is 31.0 Å². The predicted molar refractivity (Wildman–Crippen MR) is 134 cm³/mol. The second-order valence-corrected chi connectivity index (χ2v) is 9.14. The fraction of sp³-hybridized carbons (Fsp3) is 0.346. The van der Waals surface area contributed by atoms with Crippen LogP contribution in [0.5, 0.6) is 0 Å². The number of fused-ring (bicyclic) bond motifs is 1. The van der Waals surface area contributed by atoms with Gasteiger partial charge in [0, 0.05) is 77.3 Å². The molecule has 4 aromatic heterocycles. The lowest BCUT2D eigenvalue weighted by molar-refractivity contribution is 0.186. The standard InChI is InChI=1S/C26H31N7/c1-17-5-4-7-33(16-17)8-6-27-18(2)21-10-24(19(3)28-12-21)22-9-20-11-25(23-14-30-31-15-23)32-26(20)29-13-22/h9-15,17,27H,2,4-8,16H2,1,3H3,(H,29,32)(H,30,31). The Hall–Kier alpha value is -3.45. The van der Waals surface area contributed by atoms with Crippen LogP contribution in [0, 0.1) is 12.8 Å². The molecule has 5 rings (SSSR count). The molecule has 0 bridgehead atoms. The number of rotatable bonds is 7. The molecule has 0 aliphatic carbocycles. The van der Waals surface area contributed by atoms with Crippen molar-refractivity contribution in [3.63, 3.8) is 0 Å². The highest BCUT2D eigenvalue weighted by Gasteiger charge is 2.16. The molecular formula is C26H31N7. The second kappa shape index (κ2) is 9.19. The maximum atomic E-state index is 4.65. The van der Waals surface area contributed by atoms with E-state index in [9.17, 15) is 0 Å². The normalized spacial score (nSPS) is 16.8. The maximum absolute atomic E-state index is 4.65. The second-order valence-electron chi connectivity index (χ2n) is 9.14. The zero-order valence-corrected chi connectivity index (χ0v) is 19.4. The van der Waals surface area contributed by atoms with Gasteiger partial charge in [0.05, 0.1) is 11.9 Å². The monoisotopic (exact) mass is 441 g/mol. The highest BCUT2D eigenvalue weighted by molar-refractivity contribution is 5.87. The van der Waals surface area contributed by atoms with Crippen molar-refractivity contribution in [1.29, 1.82) is 0 Å². The molecule has 0 saturated carbocycles. The number of pyridine rings is 2. The van der Waals surface area contributed by atoms with Crippen molar-refractivity contribution in [1.82, 2.24) is 35.4 Å². The number of aryl methyl sites for hydroxylation is 1. The van der Waals surface area contributed by atoms with E-state index in [1.54, 1.807) is 6.20 Å². The van der Waals surface area contributed by atoms with E-state index < -0.39 is 0 Å². The molecule has 0 amide bonds. The quantitative estimate of drug-likeness (QED) is 0.390. The van der Waals surface area contributed by atoms with Crippen LogP contribution in [0.25, 0.3) is 39.1 Å². The van der Waals surface area contributed by atoms with Crippen molar-refractivity contribution in [2.24, 2.45) is 5.92 Å². The van der Waals surface area contributed by atoms with Gasteiger partial charge in [0.1, 0.15) is 5.65 Å². The summed E-state index contributed by atoms with van der Waals surface area (Å²) in [5.74, 6) is 0.799. The lowest BCUT2D eigenvalue weighted by Crippen LogP contribution is -2.38. The van der Waals surface area contributed by atoms with Crippen LogP contribution in [0.3, 0.4) is 0 Å². The zero-order chi connectivity index (χ0) is 22.8. The van der Waals surface area contributed by atoms with Gasteiger partial charge in [-0.1, -0.05) is 13.5 Å². The van der Waals surface area contributed by atoms with Gasteiger partial charge in [0.25, 0.3) is 0 Å². The number of piperidine rings is 1. The van der Waals surface area contributed by atoms with Crippen molar-refractivity contribution in [2.45, 2.75) is 26.7 Å². The summed E-state index contributed by atoms with van der Waals surface area (Å²) in [6, 6.07) is 6.42. The average Bonchev–Trinajstić information content (AvgIpc) is 3.49. The molecule has 7 heteroatoms. The fourth-order valence-corrected chi connectivity index (χ4v) is 4.66. The van der Waals surface area contributed by atoms with E-state index in [-0.39, 0.29) is 0 Å². The summed E-state index contributed by atoms with van der Waals surface area (Å²) in [6.07, 6.45) is 10.1. The molecule has 3 N–H and O–H groups in total. The molecule has 33 heavy (non-hydrogen) atoms. The van der Waals surface area contributed by atoms with Gasteiger partial charge in [-0.05, 0) is 50.4 Å². The summed E-state index contributed by atoms with van der Waals surface area (Å²) in [4.78, 5) is 15.2. The summed E-state index contributed by atoms with van der Waals surface area (Å²) in [7, 11) is 0. The smallest absolute Gasteiger partial charge is 0.137 e. The van der Waals surface area contributed by atoms with Crippen LogP contribution in [0.15, 0.2) is 49.6 Å². The number of nitrogens with one attached hydrogen (secondary N) is 3. The predicted octanol–water partition coefficient (Wildman–Crippen LogP) is 4.62. The first-order valence-corrected chi connectivity index (χ1v) is 11.7. The topological polar surface area (TPSA) is 85.5 Å². The number of hydrogen-bond donors (Lipinski definition) is 3. The molecule has 170 valence electrons. The van der Waals surface area contributed by atoms with E-state index in [0.29, 0.717) is 0 Å². The third-order valence-electron chi connectivity index (χ3n) is 6.53. The molecule has 1 atom stereocenters. The minimum Gasteiger partial charge on any atom is -0.384 e. The molecule has 1 aliphatic rings. The minimum atomic E-state index is 0.799. The average molecular weight is 442 g/mol. The summed E-state index contributed by atoms with van der Waals surface area (Å²) in [6.45, 7) is 13.0. The Bertz CT molecular complexity index is 1260. The lowest BCUT2D eigenvalue weighted by atomic mass is 10.0. The Kier molecular flexibility index (Phi) is 5.96. The number of aromatic amines is 2. The lowest BCUT2D eigenvalue weighted by Gasteiger charge is -2.31. The summed E-state index contributed by atoms with van der Waals surface area (Å²) in [5.41, 5.74) is 7.87. The van der Waals surface area contributed by atoms with Crippen molar-refractivity contribution in [2.75, 3.05) is 26.2 Å². The van der Waals surface area contributed by atoms with Crippen LogP contribution in [0.4, 0.5) is 0 Å². The number of likely N-dealkylation sites (tertiary alicyclic amines) is 1. The van der Waals surface area contributed by atoms with Gasteiger partial charge in [0.2, 0.25) is 0 Å². The third-order valence-corrected chi connectivity index (χ3v) is 6.53. The molecule has 1 aliphatic heterocycles. The van der Waals surface area contributed by atoms with Crippen LogP contribution in [0.2, 0.25) is 0 Å². The highest BCUT2D eigenvalue weighted by atomic mass is 15.1. The van der Waals surface area contributed by atoms with Crippen molar-refractivity contribution >= 4 is 16.7 Å². The van der Waals surface area contributed by atoms with E-state index >= 15 is 0 Å². The number of hydrogen-bond acceptors (Lipinski definition) is 5. The van der Waals surface area contributed by atoms with Crippen molar-refractivity contribution in [3.8, 4) is 22.4 Å². The first kappa shape index (κ1) is 21.4. The summed E-state index contributed by atoms with van der Waals surface area (Å²) >= 11 is 0. The van der Waals surface area contributed by atoms with Gasteiger partial charge in [-0.2, -0.15) is 5.10 Å². The van der Waals surface area contributed by atoms with E-state index in [0.717, 1.165) is 69.4 Å². The van der Waals surface area contributed by atoms with Gasteiger partial charge in [-0.3, -0.25) is 10.1 Å². The molecular weight excluding hydrogens is 410 g/mol. The Morgan fingerprint density at radius 1 is 1.18 bits per heavy atom. The SMILES string of the molecule is C=C(NCCN1CCCC(C)C1)c1cnc(C)c(-c2cnc3[nH]c(-c4cn[nH]c4)cc3c2)c1. The Labute approximate surface area is 194 Å². The Morgan fingerprint density at radius 2 is 2.09 bits per heavy atom. The molecule has 1 saturated heterocycles. The largest absolute Gasteiger partial charge is 0.384 e. The van der Waals surface area contributed by atoms with E-state index in [1.165, 1.54) is 25.9 Å². The Balaban J connectivity index is 1.31. The van der Waals surface area contributed by atoms with E-state index in [1.807, 2.05) is 25.5 Å². The highest BCUT2D eigenvalue weighted by Crippen LogP contribution is 2.29. The van der Waals surface area contributed by atoms with Crippen molar-refractivity contribution in [3.05, 3.63) is 60.8 Å². The molecule has 0 radical (unpaired) electrons. The molecule has 5 heterocycles. The zero-order valence-electron chi connectivity index (χ0n) is 19.4. The number of H-pyrrole nitrogens is 2. The number of nitrogens with zero attached hydrogens (tertiary/aromatic N) is 4. The summed E-state index contributed by atoms with van der Waals surface area (Å²) < 4.78 is 0. The van der Waals surface area contributed by atoms with Gasteiger partial charge >= 0.3 is 0 Å². The molecule has 7 nitrogen and oxygen atoms in total. The number of aromatic nitrogens is 5. The molecule has 4 aromatic rings. The van der Waals surface area contributed by atoms with Crippen molar-refractivity contribution < 1.29 is 0 Å². The molecule has 1 fully saturated rings. The van der Waals surface area contributed by atoms with Gasteiger partial charge < -0.3 is 15.2 Å². The minimum absolute atomic E-state index is 0.799.